The molecule has 0 saturated heterocycles. The third-order valence-electron chi connectivity index (χ3n) is 3.97. The standard InChI is InChI=1S/C16H14F4N6/c1-15(17,16(18,19)20)10-2-3-12(24-7-10)26-8-9(6-25-26)11-4-5-23-14(22)13(11)21/h2-8H,21H2,1H3,(H2,22,23). The van der Waals surface area contributed by atoms with Gasteiger partial charge in [-0.05, 0) is 19.1 Å². The van der Waals surface area contributed by atoms with E-state index in [1.165, 1.54) is 23.1 Å². The van der Waals surface area contributed by atoms with Crippen molar-refractivity contribution in [3.63, 3.8) is 0 Å². The Morgan fingerprint density at radius 2 is 1.73 bits per heavy atom. The zero-order valence-corrected chi connectivity index (χ0v) is 13.5. The van der Waals surface area contributed by atoms with Crippen LogP contribution in [0.3, 0.4) is 0 Å². The topological polar surface area (TPSA) is 95.6 Å². The highest BCUT2D eigenvalue weighted by atomic mass is 19.4. The Morgan fingerprint density at radius 3 is 2.35 bits per heavy atom. The highest BCUT2D eigenvalue weighted by molar-refractivity contribution is 5.81. The number of anilines is 2. The number of rotatable bonds is 3. The molecule has 3 rings (SSSR count). The van der Waals surface area contributed by atoms with E-state index in [2.05, 4.69) is 15.1 Å². The monoisotopic (exact) mass is 366 g/mol. The van der Waals surface area contributed by atoms with Gasteiger partial charge >= 0.3 is 6.18 Å². The molecule has 6 nitrogen and oxygen atoms in total. The van der Waals surface area contributed by atoms with Crippen LogP contribution in [-0.4, -0.2) is 25.9 Å². The molecule has 0 aliphatic heterocycles. The molecule has 0 fully saturated rings. The molecular weight excluding hydrogens is 352 g/mol. The maximum Gasteiger partial charge on any atom is 0.426 e. The van der Waals surface area contributed by atoms with Crippen LogP contribution >= 0.6 is 0 Å². The van der Waals surface area contributed by atoms with E-state index in [4.69, 9.17) is 11.5 Å². The van der Waals surface area contributed by atoms with Crippen molar-refractivity contribution in [1.29, 1.82) is 0 Å². The Hall–Kier alpha value is -3.17. The molecule has 3 aromatic heterocycles. The minimum atomic E-state index is -5.03. The fourth-order valence-corrected chi connectivity index (χ4v) is 2.29. The van der Waals surface area contributed by atoms with Crippen LogP contribution in [0.4, 0.5) is 29.1 Å². The largest absolute Gasteiger partial charge is 0.426 e. The number of halogens is 4. The average Bonchev–Trinajstić information content (AvgIpc) is 3.06. The van der Waals surface area contributed by atoms with Crippen molar-refractivity contribution in [3.05, 3.63) is 48.5 Å². The molecule has 0 radical (unpaired) electrons. The first-order chi connectivity index (χ1) is 12.1. The lowest BCUT2D eigenvalue weighted by atomic mass is 9.99. The molecule has 0 bridgehead atoms. The highest BCUT2D eigenvalue weighted by Crippen LogP contribution is 2.41. The Morgan fingerprint density at radius 1 is 1.00 bits per heavy atom. The van der Waals surface area contributed by atoms with Crippen LogP contribution in [0.5, 0.6) is 0 Å². The van der Waals surface area contributed by atoms with E-state index in [9.17, 15) is 17.6 Å². The summed E-state index contributed by atoms with van der Waals surface area (Å²) in [6, 6.07) is 3.93. The minimum Gasteiger partial charge on any atom is -0.395 e. The number of nitrogens with zero attached hydrogens (tertiary/aromatic N) is 4. The fraction of sp³-hybridized carbons (Fsp3) is 0.188. The van der Waals surface area contributed by atoms with Gasteiger partial charge in [-0.2, -0.15) is 18.3 Å². The molecule has 10 heteroatoms. The summed E-state index contributed by atoms with van der Waals surface area (Å²) < 4.78 is 53.6. The van der Waals surface area contributed by atoms with Crippen LogP contribution in [0, 0.1) is 0 Å². The Labute approximate surface area is 145 Å². The van der Waals surface area contributed by atoms with Crippen molar-refractivity contribution >= 4 is 11.5 Å². The van der Waals surface area contributed by atoms with Gasteiger partial charge in [0.1, 0.15) is 5.82 Å². The van der Waals surface area contributed by atoms with Crippen molar-refractivity contribution in [2.45, 2.75) is 18.8 Å². The highest BCUT2D eigenvalue weighted by Gasteiger charge is 2.53. The molecule has 1 unspecified atom stereocenters. The summed E-state index contributed by atoms with van der Waals surface area (Å²) in [5.41, 5.74) is 8.98. The number of nitrogen functional groups attached to an aromatic ring is 2. The smallest absolute Gasteiger partial charge is 0.395 e. The van der Waals surface area contributed by atoms with Crippen LogP contribution in [0.1, 0.15) is 12.5 Å². The van der Waals surface area contributed by atoms with Crippen molar-refractivity contribution in [1.82, 2.24) is 19.7 Å². The zero-order valence-electron chi connectivity index (χ0n) is 13.5. The van der Waals surface area contributed by atoms with E-state index in [1.54, 1.807) is 12.3 Å². The second-order valence-corrected chi connectivity index (χ2v) is 5.74. The minimum absolute atomic E-state index is 0.173. The van der Waals surface area contributed by atoms with Gasteiger partial charge in [0.05, 0.1) is 11.9 Å². The van der Waals surface area contributed by atoms with Gasteiger partial charge < -0.3 is 11.5 Å². The lowest BCUT2D eigenvalue weighted by molar-refractivity contribution is -0.228. The van der Waals surface area contributed by atoms with Gasteiger partial charge in [0, 0.05) is 35.3 Å². The number of nitrogens with two attached hydrogens (primary N) is 2. The SMILES string of the molecule is CC(F)(c1ccc(-n2cc(-c3ccnc(N)c3N)cn2)nc1)C(F)(F)F. The molecule has 1 atom stereocenters. The second kappa shape index (κ2) is 5.97. The Bertz CT molecular complexity index is 931. The molecule has 0 saturated carbocycles. The van der Waals surface area contributed by atoms with Crippen LogP contribution < -0.4 is 11.5 Å². The second-order valence-electron chi connectivity index (χ2n) is 5.74. The van der Waals surface area contributed by atoms with E-state index in [1.807, 2.05) is 0 Å². The summed E-state index contributed by atoms with van der Waals surface area (Å²) in [6.07, 6.45) is 0.364. The van der Waals surface area contributed by atoms with Gasteiger partial charge in [-0.25, -0.2) is 19.0 Å². The van der Waals surface area contributed by atoms with Crippen LogP contribution in [-0.2, 0) is 5.67 Å². The summed E-state index contributed by atoms with van der Waals surface area (Å²) in [6.45, 7) is 0.451. The van der Waals surface area contributed by atoms with Crippen LogP contribution in [0.15, 0.2) is 43.0 Å². The van der Waals surface area contributed by atoms with E-state index in [0.717, 1.165) is 12.3 Å². The number of pyridine rings is 2. The maximum absolute atomic E-state index is 14.0. The summed E-state index contributed by atoms with van der Waals surface area (Å²) in [4.78, 5) is 7.74. The Balaban J connectivity index is 1.92. The van der Waals surface area contributed by atoms with Gasteiger partial charge in [-0.1, -0.05) is 6.07 Å². The van der Waals surface area contributed by atoms with Gasteiger partial charge in [0.25, 0.3) is 0 Å². The average molecular weight is 366 g/mol. The summed E-state index contributed by atoms with van der Waals surface area (Å²) >= 11 is 0. The summed E-state index contributed by atoms with van der Waals surface area (Å²) in [5.74, 6) is 0.394. The van der Waals surface area contributed by atoms with Crippen LogP contribution in [0.2, 0.25) is 0 Å². The molecule has 0 amide bonds. The molecule has 0 spiro atoms. The first-order valence-corrected chi connectivity index (χ1v) is 7.39. The predicted octanol–water partition coefficient (Wildman–Crippen LogP) is 3.24. The van der Waals surface area contributed by atoms with Crippen LogP contribution in [0.25, 0.3) is 16.9 Å². The molecule has 0 aliphatic carbocycles. The number of aromatic nitrogens is 4. The number of hydrogen-bond donors (Lipinski definition) is 2. The fourth-order valence-electron chi connectivity index (χ4n) is 2.29. The maximum atomic E-state index is 14.0. The van der Waals surface area contributed by atoms with E-state index >= 15 is 0 Å². The Kier molecular flexibility index (Phi) is 4.05. The molecule has 136 valence electrons. The molecule has 26 heavy (non-hydrogen) atoms. The number of hydrogen-bond acceptors (Lipinski definition) is 5. The van der Waals surface area contributed by atoms with Crippen molar-refractivity contribution in [2.24, 2.45) is 0 Å². The quantitative estimate of drug-likeness (QED) is 0.694. The van der Waals surface area contributed by atoms with E-state index in [-0.39, 0.29) is 17.3 Å². The van der Waals surface area contributed by atoms with Gasteiger partial charge in [0.15, 0.2) is 5.82 Å². The molecule has 3 aromatic rings. The van der Waals surface area contributed by atoms with Gasteiger partial charge in [-0.15, -0.1) is 0 Å². The lowest BCUT2D eigenvalue weighted by Gasteiger charge is -2.23. The number of alkyl halides is 4. The first-order valence-electron chi connectivity index (χ1n) is 7.39. The third-order valence-corrected chi connectivity index (χ3v) is 3.97. The summed E-state index contributed by atoms with van der Waals surface area (Å²) in [7, 11) is 0. The van der Waals surface area contributed by atoms with Crippen molar-refractivity contribution < 1.29 is 17.6 Å². The van der Waals surface area contributed by atoms with E-state index < -0.39 is 17.4 Å². The molecule has 0 aromatic carbocycles. The van der Waals surface area contributed by atoms with Crippen molar-refractivity contribution in [3.8, 4) is 16.9 Å². The molecule has 3 heterocycles. The van der Waals surface area contributed by atoms with Crippen molar-refractivity contribution in [2.75, 3.05) is 11.5 Å². The summed E-state index contributed by atoms with van der Waals surface area (Å²) in [5, 5.41) is 4.10. The van der Waals surface area contributed by atoms with E-state index in [0.29, 0.717) is 18.1 Å². The first kappa shape index (κ1) is 17.6. The van der Waals surface area contributed by atoms with Gasteiger partial charge in [0.2, 0.25) is 5.67 Å². The predicted molar refractivity (Wildman–Crippen MR) is 87.9 cm³/mol. The normalized spacial score (nSPS) is 14.2. The molecule has 4 N–H and O–H groups in total. The zero-order chi connectivity index (χ0) is 19.1. The van der Waals surface area contributed by atoms with Gasteiger partial charge in [-0.3, -0.25) is 0 Å². The molecule has 0 aliphatic rings. The molecular formula is C16H14F4N6. The lowest BCUT2D eigenvalue weighted by Crippen LogP contribution is -2.35. The third kappa shape index (κ3) is 2.93.